The number of aliphatic hydroxyl groups is 2. The Morgan fingerprint density at radius 2 is 0.964 bits per heavy atom. The molecule has 4 aliphatic heterocycles. The van der Waals surface area contributed by atoms with Gasteiger partial charge in [-0.1, -0.05) is 24.3 Å². The highest BCUT2D eigenvalue weighted by atomic mass is 16.7. The van der Waals surface area contributed by atoms with Gasteiger partial charge in [0, 0.05) is 11.8 Å². The zero-order chi connectivity index (χ0) is 18.6. The van der Waals surface area contributed by atoms with Gasteiger partial charge in [0.1, 0.15) is 12.2 Å². The second-order valence-corrected chi connectivity index (χ2v) is 9.94. The van der Waals surface area contributed by atoms with Gasteiger partial charge in [0.25, 0.3) is 0 Å². The Balaban J connectivity index is 0.000000103. The van der Waals surface area contributed by atoms with Gasteiger partial charge in [-0.15, -0.1) is 0 Å². The summed E-state index contributed by atoms with van der Waals surface area (Å²) in [7, 11) is 0. The summed E-state index contributed by atoms with van der Waals surface area (Å²) in [6.45, 7) is 1.36. The number of rotatable bonds is 0. The van der Waals surface area contributed by atoms with E-state index in [0.29, 0.717) is 60.6 Å². The first-order chi connectivity index (χ1) is 13.7. The highest BCUT2D eigenvalue weighted by Crippen LogP contribution is 2.56. The van der Waals surface area contributed by atoms with Crippen molar-refractivity contribution in [1.29, 1.82) is 0 Å². The lowest BCUT2D eigenvalue weighted by Gasteiger charge is -2.39. The fourth-order valence-corrected chi connectivity index (χ4v) is 7.81. The number of aliphatic hydroxyl groups excluding tert-OH is 2. The average Bonchev–Trinajstić information content (AvgIpc) is 3.53. The normalized spacial score (nSPS) is 63.4. The number of ether oxygens (including phenoxy) is 4. The van der Waals surface area contributed by atoms with Crippen LogP contribution in [-0.2, 0) is 18.9 Å². The summed E-state index contributed by atoms with van der Waals surface area (Å²) in [4.78, 5) is 0. The maximum atomic E-state index is 10.1. The second kappa shape index (κ2) is 5.90. The van der Waals surface area contributed by atoms with Crippen molar-refractivity contribution in [3.63, 3.8) is 0 Å². The van der Waals surface area contributed by atoms with Crippen molar-refractivity contribution < 1.29 is 29.2 Å². The molecule has 4 saturated heterocycles. The number of hydrogen-bond acceptors (Lipinski definition) is 6. The topological polar surface area (TPSA) is 77.4 Å². The van der Waals surface area contributed by atoms with E-state index < -0.39 is 12.2 Å². The van der Waals surface area contributed by atoms with E-state index in [0.717, 1.165) is 0 Å². The van der Waals surface area contributed by atoms with Crippen LogP contribution in [-0.4, -0.2) is 60.4 Å². The Labute approximate surface area is 164 Å². The molecule has 0 aromatic carbocycles. The summed E-state index contributed by atoms with van der Waals surface area (Å²) in [5.74, 6) is 4.25. The number of allylic oxidation sites excluding steroid dienone is 4. The molecule has 14 atom stereocenters. The van der Waals surface area contributed by atoms with Gasteiger partial charge in [-0.3, -0.25) is 0 Å². The molecule has 6 fully saturated rings. The van der Waals surface area contributed by atoms with Crippen LogP contribution < -0.4 is 0 Å². The summed E-state index contributed by atoms with van der Waals surface area (Å²) in [6.07, 6.45) is 10.6. The van der Waals surface area contributed by atoms with Crippen LogP contribution >= 0.6 is 0 Å². The molecule has 28 heavy (non-hydrogen) atoms. The summed E-state index contributed by atoms with van der Waals surface area (Å²) >= 11 is 0. The van der Waals surface area contributed by atoms with E-state index in [1.165, 1.54) is 12.8 Å². The Bertz CT molecular complexity index is 638. The molecule has 0 amide bonds. The van der Waals surface area contributed by atoms with Crippen molar-refractivity contribution in [2.45, 2.75) is 49.8 Å². The Morgan fingerprint density at radius 3 is 1.39 bits per heavy atom. The van der Waals surface area contributed by atoms with Crippen molar-refractivity contribution >= 4 is 0 Å². The Morgan fingerprint density at radius 1 is 0.571 bits per heavy atom. The monoisotopic (exact) mass is 388 g/mol. The lowest BCUT2D eigenvalue weighted by atomic mass is 9.75. The average molecular weight is 388 g/mol. The molecule has 6 heteroatoms. The van der Waals surface area contributed by atoms with Crippen LogP contribution in [0.3, 0.4) is 0 Å². The minimum atomic E-state index is -0.404. The SMILES string of the molecule is O[C@H]1[C@@H]2OC[C@@H](O2)[C@@H]2[C@H]1[C@@H]1C=C[C@H]2C1.O[C@H]1[C@@H]2OC[C@@H](O2)[C@@H]2[C@H]1[C@@H]1C=C[C@H]2C1. The van der Waals surface area contributed by atoms with E-state index in [2.05, 4.69) is 24.3 Å². The van der Waals surface area contributed by atoms with Gasteiger partial charge in [-0.25, -0.2) is 0 Å². The third-order valence-corrected chi connectivity index (χ3v) is 8.84. The molecule has 8 rings (SSSR count). The molecule has 0 aromatic heterocycles. The summed E-state index contributed by atoms with van der Waals surface area (Å²) in [5, 5.41) is 20.2. The number of fused-ring (bicyclic) bond motifs is 16. The highest BCUT2D eigenvalue weighted by Gasteiger charge is 2.60. The van der Waals surface area contributed by atoms with Crippen molar-refractivity contribution in [3.05, 3.63) is 24.3 Å². The van der Waals surface area contributed by atoms with Gasteiger partial charge in [0.2, 0.25) is 0 Å². The summed E-state index contributed by atoms with van der Waals surface area (Å²) < 4.78 is 22.2. The molecule has 4 heterocycles. The number of hydrogen-bond donors (Lipinski definition) is 2. The fourth-order valence-electron chi connectivity index (χ4n) is 7.81. The quantitative estimate of drug-likeness (QED) is 0.605. The van der Waals surface area contributed by atoms with Crippen LogP contribution in [0.25, 0.3) is 0 Å². The first-order valence-electron chi connectivity index (χ1n) is 11.0. The zero-order valence-electron chi connectivity index (χ0n) is 15.7. The van der Waals surface area contributed by atoms with Crippen LogP contribution in [0.4, 0.5) is 0 Å². The van der Waals surface area contributed by atoms with Gasteiger partial charge >= 0.3 is 0 Å². The van der Waals surface area contributed by atoms with Crippen LogP contribution in [0.5, 0.6) is 0 Å². The molecule has 2 saturated carbocycles. The summed E-state index contributed by atoms with van der Waals surface area (Å²) in [6, 6.07) is 0. The Kier molecular flexibility index (Phi) is 3.58. The fraction of sp³-hybridized carbons (Fsp3) is 0.818. The van der Waals surface area contributed by atoms with E-state index in [-0.39, 0.29) is 24.8 Å². The molecule has 0 unspecified atom stereocenters. The second-order valence-electron chi connectivity index (χ2n) is 9.94. The van der Waals surface area contributed by atoms with Crippen LogP contribution in [0.1, 0.15) is 12.8 Å². The molecule has 0 aromatic rings. The lowest BCUT2D eigenvalue weighted by molar-refractivity contribution is -0.195. The predicted octanol–water partition coefficient (Wildman–Crippen LogP) is 1.08. The minimum absolute atomic E-state index is 0.244. The largest absolute Gasteiger partial charge is 0.388 e. The van der Waals surface area contributed by atoms with Crippen LogP contribution in [0.15, 0.2) is 24.3 Å². The predicted molar refractivity (Wildman–Crippen MR) is 96.7 cm³/mol. The van der Waals surface area contributed by atoms with E-state index in [1.807, 2.05) is 0 Å². The first-order valence-corrected chi connectivity index (χ1v) is 11.0. The van der Waals surface area contributed by atoms with Crippen molar-refractivity contribution in [2.24, 2.45) is 47.3 Å². The molecule has 8 bridgehead atoms. The van der Waals surface area contributed by atoms with Crippen molar-refractivity contribution in [2.75, 3.05) is 13.2 Å². The van der Waals surface area contributed by atoms with Gasteiger partial charge in [0.15, 0.2) is 12.6 Å². The van der Waals surface area contributed by atoms with E-state index in [1.54, 1.807) is 0 Å². The molecule has 8 aliphatic rings. The van der Waals surface area contributed by atoms with Gasteiger partial charge in [0.05, 0.1) is 25.4 Å². The van der Waals surface area contributed by atoms with Gasteiger partial charge in [-0.2, -0.15) is 0 Å². The molecule has 2 N–H and O–H groups in total. The van der Waals surface area contributed by atoms with E-state index >= 15 is 0 Å². The molecule has 0 spiro atoms. The van der Waals surface area contributed by atoms with E-state index in [4.69, 9.17) is 18.9 Å². The molecule has 6 nitrogen and oxygen atoms in total. The van der Waals surface area contributed by atoms with Gasteiger partial charge in [-0.05, 0) is 48.3 Å². The third kappa shape index (κ3) is 2.14. The smallest absolute Gasteiger partial charge is 0.184 e. The molecule has 4 aliphatic carbocycles. The van der Waals surface area contributed by atoms with Crippen LogP contribution in [0.2, 0.25) is 0 Å². The maximum absolute atomic E-state index is 10.1. The highest BCUT2D eigenvalue weighted by molar-refractivity contribution is 5.19. The van der Waals surface area contributed by atoms with Crippen molar-refractivity contribution in [1.82, 2.24) is 0 Å². The molecular weight excluding hydrogens is 360 g/mol. The van der Waals surface area contributed by atoms with Gasteiger partial charge < -0.3 is 29.2 Å². The Hall–Kier alpha value is -0.760. The minimum Gasteiger partial charge on any atom is -0.388 e. The van der Waals surface area contributed by atoms with E-state index in [9.17, 15) is 10.2 Å². The standard InChI is InChI=1S/2C11H14O3/c2*12-10-9-6-2-1-5(3-6)8(9)7-4-13-11(10)14-7/h2*1-2,5-12H,3-4H2/t2*5-,6+,7+,8+,9+,10+,11+/m00/s1. The van der Waals surface area contributed by atoms with Crippen LogP contribution in [0, 0.1) is 47.3 Å². The molecular formula is C22H28O6. The lowest BCUT2D eigenvalue weighted by Crippen LogP contribution is -2.48. The van der Waals surface area contributed by atoms with Crippen molar-refractivity contribution in [3.8, 4) is 0 Å². The third-order valence-electron chi connectivity index (χ3n) is 8.84. The molecule has 0 radical (unpaired) electrons. The maximum Gasteiger partial charge on any atom is 0.184 e. The summed E-state index contributed by atoms with van der Waals surface area (Å²) in [5.41, 5.74) is 0. The molecule has 152 valence electrons. The first kappa shape index (κ1) is 17.0. The zero-order valence-corrected chi connectivity index (χ0v) is 15.7.